The Labute approximate surface area is 169 Å². The molecule has 150 valence electrons. The van der Waals surface area contributed by atoms with Gasteiger partial charge >= 0.3 is 0 Å². The minimum Gasteiger partial charge on any atom is -0.374 e. The van der Waals surface area contributed by atoms with E-state index in [1.165, 1.54) is 0 Å². The minimum atomic E-state index is -0.418. The molecule has 2 aromatic rings. The molecule has 3 N–H and O–H groups in total. The Kier molecular flexibility index (Phi) is 4.99. The fraction of sp³-hybridized carbons (Fsp3) is 0.409. The van der Waals surface area contributed by atoms with Crippen LogP contribution in [0.2, 0.25) is 0 Å². The maximum absolute atomic E-state index is 13.2. The zero-order valence-corrected chi connectivity index (χ0v) is 16.7. The molecule has 29 heavy (non-hydrogen) atoms. The summed E-state index contributed by atoms with van der Waals surface area (Å²) in [7, 11) is 0. The SMILES string of the molecule is CC1(C)CC(=O)C2=C(C1)NC(COCCN)=C(C#N)C2c1ccn2ccnc2c1. The molecule has 2 aromatic heterocycles. The number of Topliss-reactive ketones (excluding diaryl/α,β-unsaturated/α-hetero) is 1. The van der Waals surface area contributed by atoms with Crippen LogP contribution in [0.4, 0.5) is 0 Å². The number of nitrogens with zero attached hydrogens (tertiary/aromatic N) is 3. The number of nitrogens with one attached hydrogen (secondary N) is 1. The molecule has 3 heterocycles. The first kappa shape index (κ1) is 19.4. The first-order chi connectivity index (χ1) is 13.9. The summed E-state index contributed by atoms with van der Waals surface area (Å²) in [6.45, 7) is 5.26. The molecule has 1 aliphatic carbocycles. The van der Waals surface area contributed by atoms with Crippen molar-refractivity contribution in [1.82, 2.24) is 14.7 Å². The van der Waals surface area contributed by atoms with Crippen molar-refractivity contribution in [1.29, 1.82) is 5.26 Å². The Morgan fingerprint density at radius 2 is 2.24 bits per heavy atom. The van der Waals surface area contributed by atoms with Crippen LogP contribution in [-0.4, -0.2) is 34.9 Å². The normalized spacial score (nSPS) is 21.2. The number of dihydropyridines is 1. The average molecular weight is 391 g/mol. The molecule has 0 radical (unpaired) electrons. The molecular weight excluding hydrogens is 366 g/mol. The number of carbonyl (C=O) groups excluding carboxylic acids is 1. The van der Waals surface area contributed by atoms with Crippen molar-refractivity contribution in [2.24, 2.45) is 11.1 Å². The first-order valence-electron chi connectivity index (χ1n) is 9.80. The molecule has 1 unspecified atom stereocenters. The molecule has 0 fully saturated rings. The number of ketones is 1. The van der Waals surface area contributed by atoms with Crippen LogP contribution in [-0.2, 0) is 9.53 Å². The van der Waals surface area contributed by atoms with E-state index in [1.54, 1.807) is 6.20 Å². The van der Waals surface area contributed by atoms with Gasteiger partial charge in [0.15, 0.2) is 5.78 Å². The summed E-state index contributed by atoms with van der Waals surface area (Å²) in [6.07, 6.45) is 6.72. The molecule has 4 rings (SSSR count). The van der Waals surface area contributed by atoms with Crippen molar-refractivity contribution in [3.63, 3.8) is 0 Å². The molecule has 0 bridgehead atoms. The largest absolute Gasteiger partial charge is 0.374 e. The highest BCUT2D eigenvalue weighted by Crippen LogP contribution is 2.46. The van der Waals surface area contributed by atoms with Crippen LogP contribution < -0.4 is 11.1 Å². The molecule has 0 amide bonds. The summed E-state index contributed by atoms with van der Waals surface area (Å²) in [5.41, 5.74) is 9.89. The Morgan fingerprint density at radius 1 is 1.41 bits per heavy atom. The van der Waals surface area contributed by atoms with Crippen molar-refractivity contribution in [2.75, 3.05) is 19.8 Å². The standard InChI is InChI=1S/C22H25N5O2/c1-22(2)10-16-21(18(28)11-22)20(14-3-6-27-7-5-25-19(27)9-14)15(12-24)17(26-16)13-29-8-4-23/h3,5-7,9,20,26H,4,8,10-11,13,23H2,1-2H3. The van der Waals surface area contributed by atoms with Crippen LogP contribution >= 0.6 is 0 Å². The van der Waals surface area contributed by atoms with Crippen LogP contribution in [0.15, 0.2) is 53.3 Å². The zero-order chi connectivity index (χ0) is 20.6. The molecule has 1 atom stereocenters. The van der Waals surface area contributed by atoms with Crippen molar-refractivity contribution in [3.05, 3.63) is 58.8 Å². The van der Waals surface area contributed by atoms with Gasteiger partial charge in [-0.1, -0.05) is 13.8 Å². The lowest BCUT2D eigenvalue weighted by Gasteiger charge is -2.39. The molecule has 1 aliphatic heterocycles. The number of allylic oxidation sites excluding steroid dienone is 3. The number of carbonyl (C=O) groups is 1. The van der Waals surface area contributed by atoms with Crippen molar-refractivity contribution < 1.29 is 9.53 Å². The van der Waals surface area contributed by atoms with Gasteiger partial charge in [-0.2, -0.15) is 5.26 Å². The molecule has 7 heteroatoms. The van der Waals surface area contributed by atoms with Gasteiger partial charge in [-0.25, -0.2) is 4.98 Å². The second-order valence-electron chi connectivity index (χ2n) is 8.39. The Hall–Kier alpha value is -2.95. The van der Waals surface area contributed by atoms with E-state index in [1.807, 2.05) is 28.9 Å². The number of fused-ring (bicyclic) bond motifs is 1. The van der Waals surface area contributed by atoms with Gasteiger partial charge in [0.05, 0.1) is 36.5 Å². The predicted octanol–water partition coefficient (Wildman–Crippen LogP) is 2.42. The van der Waals surface area contributed by atoms with Gasteiger partial charge in [0, 0.05) is 42.8 Å². The molecule has 0 saturated carbocycles. The maximum atomic E-state index is 13.2. The number of hydrogen-bond acceptors (Lipinski definition) is 6. The minimum absolute atomic E-state index is 0.0895. The number of pyridine rings is 1. The second kappa shape index (κ2) is 7.47. The van der Waals surface area contributed by atoms with E-state index in [-0.39, 0.29) is 17.8 Å². The third-order valence-corrected chi connectivity index (χ3v) is 5.51. The lowest BCUT2D eigenvalue weighted by Crippen LogP contribution is -2.38. The average Bonchev–Trinajstić information content (AvgIpc) is 3.14. The highest BCUT2D eigenvalue weighted by Gasteiger charge is 2.41. The van der Waals surface area contributed by atoms with Crippen molar-refractivity contribution >= 4 is 11.4 Å². The lowest BCUT2D eigenvalue weighted by molar-refractivity contribution is -0.118. The van der Waals surface area contributed by atoms with Gasteiger partial charge in [0.25, 0.3) is 0 Å². The summed E-state index contributed by atoms with van der Waals surface area (Å²) in [5, 5.41) is 13.4. The van der Waals surface area contributed by atoms with Crippen LogP contribution in [0.5, 0.6) is 0 Å². The van der Waals surface area contributed by atoms with Crippen LogP contribution in [0.3, 0.4) is 0 Å². The maximum Gasteiger partial charge on any atom is 0.162 e. The van der Waals surface area contributed by atoms with Crippen LogP contribution in [0, 0.1) is 16.7 Å². The Morgan fingerprint density at radius 3 is 3.00 bits per heavy atom. The quantitative estimate of drug-likeness (QED) is 0.759. The zero-order valence-electron chi connectivity index (χ0n) is 16.7. The second-order valence-corrected chi connectivity index (χ2v) is 8.39. The summed E-state index contributed by atoms with van der Waals surface area (Å²) in [4.78, 5) is 17.5. The summed E-state index contributed by atoms with van der Waals surface area (Å²) < 4.78 is 7.54. The van der Waals surface area contributed by atoms with Gasteiger partial charge in [-0.15, -0.1) is 0 Å². The smallest absolute Gasteiger partial charge is 0.162 e. The third-order valence-electron chi connectivity index (χ3n) is 5.51. The molecule has 0 spiro atoms. The number of hydrogen-bond donors (Lipinski definition) is 2. The number of aromatic nitrogens is 2. The number of nitrogens with two attached hydrogens (primary N) is 1. The van der Waals surface area contributed by atoms with Gasteiger partial charge in [-0.3, -0.25) is 4.79 Å². The highest BCUT2D eigenvalue weighted by atomic mass is 16.5. The van der Waals surface area contributed by atoms with E-state index in [0.29, 0.717) is 36.4 Å². The molecule has 0 saturated heterocycles. The first-order valence-corrected chi connectivity index (χ1v) is 9.80. The third kappa shape index (κ3) is 3.57. The van der Waals surface area contributed by atoms with E-state index in [9.17, 15) is 10.1 Å². The van der Waals surface area contributed by atoms with Crippen LogP contribution in [0.1, 0.15) is 38.2 Å². The fourth-order valence-corrected chi connectivity index (χ4v) is 4.29. The predicted molar refractivity (Wildman–Crippen MR) is 109 cm³/mol. The summed E-state index contributed by atoms with van der Waals surface area (Å²) in [5.74, 6) is -0.329. The number of imidazole rings is 1. The van der Waals surface area contributed by atoms with E-state index < -0.39 is 5.92 Å². The Bertz CT molecular complexity index is 1070. The highest BCUT2D eigenvalue weighted by molar-refractivity contribution is 6.00. The number of ether oxygens (including phenoxy) is 1. The van der Waals surface area contributed by atoms with Crippen LogP contribution in [0.25, 0.3) is 5.65 Å². The fourth-order valence-electron chi connectivity index (χ4n) is 4.29. The van der Waals surface area contributed by atoms with Gasteiger partial charge in [0.1, 0.15) is 5.65 Å². The van der Waals surface area contributed by atoms with Gasteiger partial charge < -0.3 is 20.2 Å². The number of nitriles is 1. The lowest BCUT2D eigenvalue weighted by atomic mass is 9.69. The van der Waals surface area contributed by atoms with Gasteiger partial charge in [-0.05, 0) is 29.5 Å². The number of rotatable bonds is 5. The van der Waals surface area contributed by atoms with Crippen molar-refractivity contribution in [3.8, 4) is 6.07 Å². The van der Waals surface area contributed by atoms with E-state index in [2.05, 4.69) is 30.2 Å². The molecule has 7 nitrogen and oxygen atoms in total. The molecular formula is C22H25N5O2. The monoisotopic (exact) mass is 391 g/mol. The van der Waals surface area contributed by atoms with E-state index in [4.69, 9.17) is 10.5 Å². The molecule has 2 aliphatic rings. The summed E-state index contributed by atoms with van der Waals surface area (Å²) >= 11 is 0. The summed E-state index contributed by atoms with van der Waals surface area (Å²) in [6, 6.07) is 6.24. The molecule has 0 aromatic carbocycles. The van der Waals surface area contributed by atoms with E-state index >= 15 is 0 Å². The van der Waals surface area contributed by atoms with Crippen molar-refractivity contribution in [2.45, 2.75) is 32.6 Å². The topological polar surface area (TPSA) is 105 Å². The van der Waals surface area contributed by atoms with E-state index in [0.717, 1.165) is 23.3 Å². The Balaban J connectivity index is 1.85. The van der Waals surface area contributed by atoms with Gasteiger partial charge in [0.2, 0.25) is 0 Å².